The number of likely N-dealkylation sites (N-methyl/N-ethyl adjacent to an activating group) is 2. The van der Waals surface area contributed by atoms with Crippen LogP contribution < -0.4 is 4.74 Å². The molecule has 34 heavy (non-hydrogen) atoms. The molecule has 3 aromatic rings. The summed E-state index contributed by atoms with van der Waals surface area (Å²) in [5.41, 5.74) is 3.99. The van der Waals surface area contributed by atoms with Gasteiger partial charge >= 0.3 is 6.03 Å². The Labute approximate surface area is 199 Å². The lowest BCUT2D eigenvalue weighted by Crippen LogP contribution is -2.52. The maximum absolute atomic E-state index is 12.6. The van der Waals surface area contributed by atoms with Gasteiger partial charge in [-0.15, -0.1) is 0 Å². The first-order valence-electron chi connectivity index (χ1n) is 11.3. The van der Waals surface area contributed by atoms with Crippen molar-refractivity contribution in [2.75, 3.05) is 20.7 Å². The lowest BCUT2D eigenvalue weighted by Gasteiger charge is -2.28. The zero-order chi connectivity index (χ0) is 24.6. The molecule has 1 fully saturated rings. The largest absolute Gasteiger partial charge is 0.491 e. The predicted octanol–water partition coefficient (Wildman–Crippen LogP) is 4.59. The lowest BCUT2D eigenvalue weighted by molar-refractivity contribution is -0.134. The number of amides is 4. The van der Waals surface area contributed by atoms with Crippen LogP contribution in [0.25, 0.3) is 17.0 Å². The first-order valence-corrected chi connectivity index (χ1v) is 11.3. The number of fused-ring (bicyclic) bond motifs is 1. The van der Waals surface area contributed by atoms with E-state index in [-0.39, 0.29) is 5.57 Å². The number of aryl methyl sites for hydroxylation is 1. The topological polar surface area (TPSA) is 71.8 Å². The number of urea groups is 1. The summed E-state index contributed by atoms with van der Waals surface area (Å²) in [5.74, 6) is 0.0424. The van der Waals surface area contributed by atoms with Gasteiger partial charge in [0.15, 0.2) is 0 Å². The van der Waals surface area contributed by atoms with Gasteiger partial charge in [-0.2, -0.15) is 0 Å². The van der Waals surface area contributed by atoms with Gasteiger partial charge in [-0.05, 0) is 42.2 Å². The van der Waals surface area contributed by atoms with E-state index < -0.39 is 17.8 Å². The molecule has 1 saturated heterocycles. The number of ether oxygens (including phenoxy) is 1. The van der Waals surface area contributed by atoms with Crippen LogP contribution in [0.1, 0.15) is 36.5 Å². The molecule has 0 unspecified atom stereocenters. The standard InChI is InChI=1S/C27H29N3O4/c1-17(2)20-11-10-18(3)14-24(20)34-13-12-30-16-19(21-8-6-7-9-23(21)30)15-22-25(31)28(4)27(33)29(5)26(22)32/h6-11,14-17H,12-13H2,1-5H3. The highest BCUT2D eigenvalue weighted by Gasteiger charge is 2.37. The highest BCUT2D eigenvalue weighted by atomic mass is 16.5. The SMILES string of the molecule is Cc1ccc(C(C)C)c(OCCn2cc(C=C3C(=O)N(C)C(=O)N(C)C3=O)c3ccccc32)c1. The van der Waals surface area contributed by atoms with E-state index in [0.29, 0.717) is 19.1 Å². The average Bonchev–Trinajstić information content (AvgIpc) is 3.16. The Balaban J connectivity index is 1.63. The summed E-state index contributed by atoms with van der Waals surface area (Å²) in [7, 11) is 2.75. The number of hydrogen-bond donors (Lipinski definition) is 0. The molecule has 0 N–H and O–H groups in total. The maximum Gasteiger partial charge on any atom is 0.333 e. The average molecular weight is 460 g/mol. The molecule has 4 amide bonds. The fourth-order valence-electron chi connectivity index (χ4n) is 4.20. The summed E-state index contributed by atoms with van der Waals surface area (Å²) in [5, 5.41) is 0.913. The molecule has 1 aliphatic rings. The van der Waals surface area contributed by atoms with Crippen molar-refractivity contribution in [1.82, 2.24) is 14.4 Å². The molecule has 4 rings (SSSR count). The van der Waals surface area contributed by atoms with Crippen molar-refractivity contribution < 1.29 is 19.1 Å². The number of carbonyl (C=O) groups is 3. The maximum atomic E-state index is 12.6. The molecule has 0 saturated carbocycles. The minimum atomic E-state index is -0.636. The smallest absolute Gasteiger partial charge is 0.333 e. The lowest BCUT2D eigenvalue weighted by atomic mass is 10.0. The van der Waals surface area contributed by atoms with E-state index >= 15 is 0 Å². The van der Waals surface area contributed by atoms with E-state index in [4.69, 9.17) is 4.74 Å². The molecule has 176 valence electrons. The van der Waals surface area contributed by atoms with Crippen LogP contribution in [0.3, 0.4) is 0 Å². The summed E-state index contributed by atoms with van der Waals surface area (Å²) in [6.45, 7) is 7.40. The Hall–Kier alpha value is -3.87. The van der Waals surface area contributed by atoms with Crippen molar-refractivity contribution in [1.29, 1.82) is 0 Å². The van der Waals surface area contributed by atoms with Crippen molar-refractivity contribution >= 4 is 34.8 Å². The van der Waals surface area contributed by atoms with Crippen LogP contribution in [-0.2, 0) is 16.1 Å². The normalized spacial score (nSPS) is 14.5. The zero-order valence-corrected chi connectivity index (χ0v) is 20.2. The predicted molar refractivity (Wildman–Crippen MR) is 132 cm³/mol. The number of aromatic nitrogens is 1. The molecule has 0 bridgehead atoms. The van der Waals surface area contributed by atoms with E-state index in [2.05, 4.69) is 36.6 Å². The van der Waals surface area contributed by atoms with Gasteiger partial charge in [0, 0.05) is 36.8 Å². The van der Waals surface area contributed by atoms with Crippen LogP contribution in [0.15, 0.2) is 54.2 Å². The fourth-order valence-corrected chi connectivity index (χ4v) is 4.20. The molecule has 0 radical (unpaired) electrons. The monoisotopic (exact) mass is 459 g/mol. The molecule has 7 heteroatoms. The second-order valence-corrected chi connectivity index (χ2v) is 8.91. The Morgan fingerprint density at radius 1 is 0.971 bits per heavy atom. The highest BCUT2D eigenvalue weighted by molar-refractivity contribution is 6.31. The molecule has 0 spiro atoms. The molecule has 2 aromatic carbocycles. The van der Waals surface area contributed by atoms with Crippen LogP contribution in [0.5, 0.6) is 5.75 Å². The summed E-state index contributed by atoms with van der Waals surface area (Å²) in [4.78, 5) is 39.2. The van der Waals surface area contributed by atoms with E-state index in [1.54, 1.807) is 6.08 Å². The third-order valence-corrected chi connectivity index (χ3v) is 6.14. The third kappa shape index (κ3) is 4.21. The Morgan fingerprint density at radius 2 is 1.65 bits per heavy atom. The second-order valence-electron chi connectivity index (χ2n) is 8.91. The highest BCUT2D eigenvalue weighted by Crippen LogP contribution is 2.29. The Morgan fingerprint density at radius 3 is 2.32 bits per heavy atom. The summed E-state index contributed by atoms with van der Waals surface area (Å²) in [6, 6.07) is 13.4. The minimum Gasteiger partial charge on any atom is -0.491 e. The van der Waals surface area contributed by atoms with Crippen LogP contribution in [0, 0.1) is 6.92 Å². The Kier molecular flexibility index (Phi) is 6.28. The van der Waals surface area contributed by atoms with Crippen molar-refractivity contribution in [3.63, 3.8) is 0 Å². The molecular formula is C27H29N3O4. The van der Waals surface area contributed by atoms with Gasteiger partial charge in [0.1, 0.15) is 17.9 Å². The number of carbonyl (C=O) groups excluding carboxylic acids is 3. The molecule has 0 aliphatic carbocycles. The number of nitrogens with zero attached hydrogens (tertiary/aromatic N) is 3. The molecule has 1 aliphatic heterocycles. The van der Waals surface area contributed by atoms with Gasteiger partial charge in [0.2, 0.25) is 0 Å². The first kappa shape index (κ1) is 23.3. The van der Waals surface area contributed by atoms with Crippen LogP contribution in [0.2, 0.25) is 0 Å². The van der Waals surface area contributed by atoms with E-state index in [1.807, 2.05) is 37.4 Å². The van der Waals surface area contributed by atoms with Gasteiger partial charge in [-0.1, -0.05) is 44.2 Å². The summed E-state index contributed by atoms with van der Waals surface area (Å²) >= 11 is 0. The molecule has 7 nitrogen and oxygen atoms in total. The Bertz CT molecular complexity index is 1290. The fraction of sp³-hybridized carbons (Fsp3) is 0.296. The number of rotatable bonds is 6. The van der Waals surface area contributed by atoms with Gasteiger partial charge in [0.25, 0.3) is 11.8 Å². The van der Waals surface area contributed by atoms with Crippen molar-refractivity contribution in [2.45, 2.75) is 33.2 Å². The molecule has 2 heterocycles. The van der Waals surface area contributed by atoms with Crippen molar-refractivity contribution in [3.8, 4) is 5.75 Å². The van der Waals surface area contributed by atoms with E-state index in [1.165, 1.54) is 19.7 Å². The number of imide groups is 2. The van der Waals surface area contributed by atoms with Gasteiger partial charge in [-0.25, -0.2) is 4.79 Å². The van der Waals surface area contributed by atoms with Crippen molar-refractivity contribution in [3.05, 3.63) is 70.9 Å². The van der Waals surface area contributed by atoms with Gasteiger partial charge in [-0.3, -0.25) is 19.4 Å². The van der Waals surface area contributed by atoms with Crippen LogP contribution in [0.4, 0.5) is 4.79 Å². The minimum absolute atomic E-state index is 0.0370. The second kappa shape index (κ2) is 9.17. The number of barbiturate groups is 1. The van der Waals surface area contributed by atoms with Crippen LogP contribution >= 0.6 is 0 Å². The van der Waals surface area contributed by atoms with Crippen LogP contribution in [-0.4, -0.2) is 52.9 Å². The number of benzene rings is 2. The molecule has 0 atom stereocenters. The van der Waals surface area contributed by atoms with Gasteiger partial charge in [0.05, 0.1) is 6.54 Å². The first-order chi connectivity index (χ1) is 16.2. The molecule has 1 aromatic heterocycles. The van der Waals surface area contributed by atoms with E-state index in [9.17, 15) is 14.4 Å². The van der Waals surface area contributed by atoms with Crippen molar-refractivity contribution in [2.24, 2.45) is 0 Å². The number of para-hydroxylation sites is 1. The number of hydrogen-bond acceptors (Lipinski definition) is 4. The van der Waals surface area contributed by atoms with E-state index in [0.717, 1.165) is 37.6 Å². The summed E-state index contributed by atoms with van der Waals surface area (Å²) < 4.78 is 8.23. The third-order valence-electron chi connectivity index (χ3n) is 6.14. The quantitative estimate of drug-likeness (QED) is 0.399. The molecular weight excluding hydrogens is 430 g/mol. The zero-order valence-electron chi connectivity index (χ0n) is 20.2. The van der Waals surface area contributed by atoms with Gasteiger partial charge < -0.3 is 9.30 Å². The summed E-state index contributed by atoms with van der Waals surface area (Å²) in [6.07, 6.45) is 3.48.